The van der Waals surface area contributed by atoms with E-state index >= 15 is 0 Å². The zero-order chi connectivity index (χ0) is 9.97. The van der Waals surface area contributed by atoms with Gasteiger partial charge < -0.3 is 5.11 Å². The minimum Gasteiger partial charge on any atom is -0.383 e. The van der Waals surface area contributed by atoms with Gasteiger partial charge in [0.25, 0.3) is 0 Å². The maximum atomic E-state index is 12.8. The van der Waals surface area contributed by atoms with Crippen LogP contribution >= 0.6 is 11.3 Å². The molecule has 1 atom stereocenters. The number of hydrogen-bond acceptors (Lipinski definition) is 4. The molecule has 0 aliphatic rings. The van der Waals surface area contributed by atoms with Crippen LogP contribution in [0, 0.1) is 5.82 Å². The summed E-state index contributed by atoms with van der Waals surface area (Å²) in [7, 11) is 0. The zero-order valence-electron chi connectivity index (χ0n) is 7.09. The van der Waals surface area contributed by atoms with Gasteiger partial charge in [0, 0.05) is 18.0 Å². The number of aliphatic hydroxyl groups is 1. The van der Waals surface area contributed by atoms with Gasteiger partial charge in [-0.15, -0.1) is 11.3 Å². The minimum atomic E-state index is -0.842. The molecule has 0 spiro atoms. The van der Waals surface area contributed by atoms with Gasteiger partial charge in [0.1, 0.15) is 11.9 Å². The number of thiazole rings is 1. The number of pyridine rings is 1. The highest BCUT2D eigenvalue weighted by Gasteiger charge is 2.12. The molecule has 1 unspecified atom stereocenters. The first-order valence-electron chi connectivity index (χ1n) is 3.94. The number of rotatable bonds is 2. The van der Waals surface area contributed by atoms with Gasteiger partial charge in [-0.05, 0) is 6.07 Å². The monoisotopic (exact) mass is 210 g/mol. The molecule has 14 heavy (non-hydrogen) atoms. The van der Waals surface area contributed by atoms with E-state index in [1.54, 1.807) is 11.7 Å². The van der Waals surface area contributed by atoms with Crippen molar-refractivity contribution >= 4 is 11.3 Å². The highest BCUT2D eigenvalue weighted by molar-refractivity contribution is 7.09. The molecule has 2 rings (SSSR count). The quantitative estimate of drug-likeness (QED) is 0.821. The van der Waals surface area contributed by atoms with E-state index in [4.69, 9.17) is 0 Å². The fourth-order valence-corrected chi connectivity index (χ4v) is 1.73. The van der Waals surface area contributed by atoms with E-state index in [0.29, 0.717) is 10.4 Å². The van der Waals surface area contributed by atoms with Crippen LogP contribution < -0.4 is 0 Å². The van der Waals surface area contributed by atoms with E-state index in [0.717, 1.165) is 6.20 Å². The second kappa shape index (κ2) is 3.81. The van der Waals surface area contributed by atoms with E-state index in [1.807, 2.05) is 0 Å². The molecule has 0 aliphatic heterocycles. The third-order valence-electron chi connectivity index (χ3n) is 1.76. The van der Waals surface area contributed by atoms with Crippen molar-refractivity contribution in [3.05, 3.63) is 46.4 Å². The molecule has 2 aromatic heterocycles. The molecule has 3 nitrogen and oxygen atoms in total. The Bertz CT molecular complexity index is 419. The van der Waals surface area contributed by atoms with Crippen LogP contribution in [0.2, 0.25) is 0 Å². The first-order valence-corrected chi connectivity index (χ1v) is 4.82. The van der Waals surface area contributed by atoms with E-state index in [2.05, 4.69) is 9.97 Å². The van der Waals surface area contributed by atoms with Gasteiger partial charge in [0.05, 0.1) is 16.6 Å². The van der Waals surface area contributed by atoms with Crippen LogP contribution in [-0.4, -0.2) is 15.1 Å². The summed E-state index contributed by atoms with van der Waals surface area (Å²) in [5.74, 6) is -0.453. The summed E-state index contributed by atoms with van der Waals surface area (Å²) in [4.78, 5) is 8.18. The van der Waals surface area contributed by atoms with Gasteiger partial charge in [0.2, 0.25) is 0 Å². The molecule has 72 valence electrons. The summed E-state index contributed by atoms with van der Waals surface area (Å²) in [5.41, 5.74) is 2.06. The maximum Gasteiger partial charge on any atom is 0.141 e. The molecule has 0 bridgehead atoms. The van der Waals surface area contributed by atoms with Gasteiger partial charge in [-0.3, -0.25) is 9.97 Å². The standard InChI is InChI=1S/C9H7FN2OS/c10-7-1-6(2-11-3-7)9(13)8-4-12-5-14-8/h1-5,9,13H. The predicted molar refractivity (Wildman–Crippen MR) is 50.4 cm³/mol. The summed E-state index contributed by atoms with van der Waals surface area (Å²) >= 11 is 1.32. The fraction of sp³-hybridized carbons (Fsp3) is 0.111. The Morgan fingerprint density at radius 3 is 2.79 bits per heavy atom. The fourth-order valence-electron chi connectivity index (χ4n) is 1.10. The number of aromatic nitrogens is 2. The van der Waals surface area contributed by atoms with E-state index in [-0.39, 0.29) is 0 Å². The van der Waals surface area contributed by atoms with Crippen LogP contribution in [0.4, 0.5) is 4.39 Å². The predicted octanol–water partition coefficient (Wildman–Crippen LogP) is 1.76. The van der Waals surface area contributed by atoms with Crippen molar-refractivity contribution in [1.29, 1.82) is 0 Å². The summed E-state index contributed by atoms with van der Waals surface area (Å²) in [6.07, 6.45) is 3.25. The number of nitrogens with zero attached hydrogens (tertiary/aromatic N) is 2. The van der Waals surface area contributed by atoms with Crippen molar-refractivity contribution in [2.24, 2.45) is 0 Å². The first-order chi connectivity index (χ1) is 6.77. The van der Waals surface area contributed by atoms with Crippen LogP contribution in [0.1, 0.15) is 16.5 Å². The van der Waals surface area contributed by atoms with Crippen LogP contribution in [0.5, 0.6) is 0 Å². The SMILES string of the molecule is OC(c1cncc(F)c1)c1cncs1. The number of aliphatic hydroxyl groups excluding tert-OH is 1. The van der Waals surface area contributed by atoms with Crippen molar-refractivity contribution in [3.63, 3.8) is 0 Å². The van der Waals surface area contributed by atoms with Crippen molar-refractivity contribution in [2.45, 2.75) is 6.10 Å². The highest BCUT2D eigenvalue weighted by Crippen LogP contribution is 2.24. The Kier molecular flexibility index (Phi) is 2.51. The lowest BCUT2D eigenvalue weighted by atomic mass is 10.1. The highest BCUT2D eigenvalue weighted by atomic mass is 32.1. The van der Waals surface area contributed by atoms with Crippen LogP contribution in [0.25, 0.3) is 0 Å². The summed E-state index contributed by atoms with van der Waals surface area (Å²) in [6, 6.07) is 1.26. The van der Waals surface area contributed by atoms with Gasteiger partial charge >= 0.3 is 0 Å². The zero-order valence-corrected chi connectivity index (χ0v) is 7.91. The summed E-state index contributed by atoms with van der Waals surface area (Å²) in [5, 5.41) is 9.77. The van der Waals surface area contributed by atoms with Gasteiger partial charge in [-0.25, -0.2) is 4.39 Å². The largest absolute Gasteiger partial charge is 0.383 e. The Labute approximate surface area is 83.9 Å². The van der Waals surface area contributed by atoms with E-state index in [1.165, 1.54) is 23.6 Å². The molecule has 1 N–H and O–H groups in total. The number of halogens is 1. The lowest BCUT2D eigenvalue weighted by Gasteiger charge is -2.06. The summed E-state index contributed by atoms with van der Waals surface area (Å²) in [6.45, 7) is 0. The van der Waals surface area contributed by atoms with Crippen LogP contribution in [-0.2, 0) is 0 Å². The molecule has 0 aliphatic carbocycles. The average Bonchev–Trinajstić information content (AvgIpc) is 2.69. The van der Waals surface area contributed by atoms with E-state index < -0.39 is 11.9 Å². The second-order valence-corrected chi connectivity index (χ2v) is 3.66. The molecule has 2 aromatic rings. The van der Waals surface area contributed by atoms with Gasteiger partial charge in [-0.1, -0.05) is 0 Å². The summed E-state index contributed by atoms with van der Waals surface area (Å²) < 4.78 is 12.8. The molecule has 0 saturated carbocycles. The van der Waals surface area contributed by atoms with Crippen LogP contribution in [0.15, 0.2) is 30.2 Å². The van der Waals surface area contributed by atoms with E-state index in [9.17, 15) is 9.50 Å². The molecular formula is C9H7FN2OS. The van der Waals surface area contributed by atoms with Gasteiger partial charge in [-0.2, -0.15) is 0 Å². The molecule has 0 aromatic carbocycles. The lowest BCUT2D eigenvalue weighted by Crippen LogP contribution is -1.98. The third-order valence-corrected chi connectivity index (χ3v) is 2.59. The first kappa shape index (κ1) is 9.23. The smallest absolute Gasteiger partial charge is 0.141 e. The Hall–Kier alpha value is -1.33. The van der Waals surface area contributed by atoms with Gasteiger partial charge in [0.15, 0.2) is 0 Å². The normalized spacial score (nSPS) is 12.7. The van der Waals surface area contributed by atoms with Crippen molar-refractivity contribution in [1.82, 2.24) is 9.97 Å². The Morgan fingerprint density at radius 1 is 1.29 bits per heavy atom. The third kappa shape index (κ3) is 1.78. The average molecular weight is 210 g/mol. The topological polar surface area (TPSA) is 46.0 Å². The minimum absolute atomic E-state index is 0.439. The number of hydrogen-bond donors (Lipinski definition) is 1. The molecule has 0 amide bonds. The van der Waals surface area contributed by atoms with Crippen molar-refractivity contribution < 1.29 is 9.50 Å². The Balaban J connectivity index is 2.32. The molecular weight excluding hydrogens is 203 g/mol. The molecule has 5 heteroatoms. The van der Waals surface area contributed by atoms with Crippen molar-refractivity contribution in [3.8, 4) is 0 Å². The maximum absolute atomic E-state index is 12.8. The Morgan fingerprint density at radius 2 is 2.14 bits per heavy atom. The second-order valence-electron chi connectivity index (χ2n) is 2.74. The molecule has 0 saturated heterocycles. The molecule has 2 heterocycles. The van der Waals surface area contributed by atoms with Crippen LogP contribution in [0.3, 0.4) is 0 Å². The van der Waals surface area contributed by atoms with Crippen molar-refractivity contribution in [2.75, 3.05) is 0 Å². The molecule has 0 radical (unpaired) electrons. The molecule has 0 fully saturated rings. The lowest BCUT2D eigenvalue weighted by molar-refractivity contribution is 0.223.